The molecule has 0 aliphatic rings. The summed E-state index contributed by atoms with van der Waals surface area (Å²) in [5, 5.41) is 8.60. The van der Waals surface area contributed by atoms with E-state index in [1.54, 1.807) is 13.3 Å². The maximum absolute atomic E-state index is 6.34. The van der Waals surface area contributed by atoms with Gasteiger partial charge in [-0.2, -0.15) is 5.10 Å². The van der Waals surface area contributed by atoms with Crippen LogP contribution in [-0.4, -0.2) is 29.0 Å². The molecule has 1 unspecified atom stereocenters. The van der Waals surface area contributed by atoms with Gasteiger partial charge in [-0.25, -0.2) is 0 Å². The number of halogens is 1. The molecule has 1 heterocycles. The Labute approximate surface area is 121 Å². The SMILES string of the molecule is CCCNC(c1c(Cl)cnn1CCC)C(C)(C)OC. The lowest BCUT2D eigenvalue weighted by Gasteiger charge is -2.34. The van der Waals surface area contributed by atoms with Gasteiger partial charge < -0.3 is 10.1 Å². The second kappa shape index (κ2) is 7.27. The lowest BCUT2D eigenvalue weighted by Crippen LogP contribution is -2.42. The number of hydrogen-bond donors (Lipinski definition) is 1. The van der Waals surface area contributed by atoms with Gasteiger partial charge in [0.15, 0.2) is 0 Å². The molecule has 1 aromatic rings. The van der Waals surface area contributed by atoms with Crippen molar-refractivity contribution in [1.82, 2.24) is 15.1 Å². The van der Waals surface area contributed by atoms with Gasteiger partial charge in [-0.15, -0.1) is 0 Å². The average Bonchev–Trinajstić information content (AvgIpc) is 2.72. The second-order valence-corrected chi connectivity index (χ2v) is 5.70. The van der Waals surface area contributed by atoms with E-state index in [2.05, 4.69) is 38.1 Å². The van der Waals surface area contributed by atoms with Crippen LogP contribution in [0.15, 0.2) is 6.20 Å². The summed E-state index contributed by atoms with van der Waals surface area (Å²) in [5.74, 6) is 0. The first-order valence-electron chi connectivity index (χ1n) is 6.97. The number of rotatable bonds is 8. The van der Waals surface area contributed by atoms with Gasteiger partial charge in [0.2, 0.25) is 0 Å². The van der Waals surface area contributed by atoms with E-state index in [9.17, 15) is 0 Å². The number of aryl methyl sites for hydroxylation is 1. The van der Waals surface area contributed by atoms with Crippen LogP contribution in [0.1, 0.15) is 52.3 Å². The third-order valence-electron chi connectivity index (χ3n) is 3.36. The van der Waals surface area contributed by atoms with E-state index < -0.39 is 0 Å². The molecule has 0 spiro atoms. The van der Waals surface area contributed by atoms with Crippen LogP contribution in [0.3, 0.4) is 0 Å². The van der Waals surface area contributed by atoms with Crippen LogP contribution in [0.25, 0.3) is 0 Å². The van der Waals surface area contributed by atoms with Gasteiger partial charge in [0.05, 0.1) is 28.6 Å². The van der Waals surface area contributed by atoms with Gasteiger partial charge in [-0.05, 0) is 33.2 Å². The highest BCUT2D eigenvalue weighted by Gasteiger charge is 2.34. The molecule has 1 aromatic heterocycles. The molecule has 19 heavy (non-hydrogen) atoms. The zero-order valence-electron chi connectivity index (χ0n) is 12.7. The second-order valence-electron chi connectivity index (χ2n) is 5.30. The van der Waals surface area contributed by atoms with E-state index in [1.165, 1.54) is 0 Å². The lowest BCUT2D eigenvalue weighted by molar-refractivity contribution is -0.0134. The molecular formula is C14H26ClN3O. The first-order chi connectivity index (χ1) is 8.97. The summed E-state index contributed by atoms with van der Waals surface area (Å²) in [5.41, 5.74) is 0.675. The van der Waals surface area contributed by atoms with Crippen LogP contribution in [0.5, 0.6) is 0 Å². The smallest absolute Gasteiger partial charge is 0.0835 e. The van der Waals surface area contributed by atoms with Crippen LogP contribution in [-0.2, 0) is 11.3 Å². The van der Waals surface area contributed by atoms with Crippen molar-refractivity contribution >= 4 is 11.6 Å². The Morgan fingerprint density at radius 1 is 1.42 bits per heavy atom. The molecule has 4 nitrogen and oxygen atoms in total. The summed E-state index contributed by atoms with van der Waals surface area (Å²) >= 11 is 6.34. The molecule has 0 aliphatic heterocycles. The van der Waals surface area contributed by atoms with Crippen molar-refractivity contribution in [3.05, 3.63) is 16.9 Å². The third-order valence-corrected chi connectivity index (χ3v) is 3.65. The molecule has 0 radical (unpaired) electrons. The first kappa shape index (κ1) is 16.5. The number of hydrogen-bond acceptors (Lipinski definition) is 3. The predicted molar refractivity (Wildman–Crippen MR) is 79.7 cm³/mol. The number of nitrogens with zero attached hydrogens (tertiary/aromatic N) is 2. The van der Waals surface area contributed by atoms with Crippen LogP contribution >= 0.6 is 11.6 Å². The van der Waals surface area contributed by atoms with Crippen molar-refractivity contribution in [3.8, 4) is 0 Å². The van der Waals surface area contributed by atoms with Crippen molar-refractivity contribution in [3.63, 3.8) is 0 Å². The Morgan fingerprint density at radius 2 is 2.11 bits per heavy atom. The predicted octanol–water partition coefficient (Wildman–Crippen LogP) is 3.41. The molecule has 0 amide bonds. The van der Waals surface area contributed by atoms with E-state index in [0.29, 0.717) is 5.02 Å². The molecule has 0 fully saturated rings. The minimum atomic E-state index is -0.343. The Balaban J connectivity index is 3.12. The average molecular weight is 288 g/mol. The van der Waals surface area contributed by atoms with Crippen molar-refractivity contribution in [2.75, 3.05) is 13.7 Å². The van der Waals surface area contributed by atoms with Crippen LogP contribution in [0, 0.1) is 0 Å². The Morgan fingerprint density at radius 3 is 2.63 bits per heavy atom. The Hall–Kier alpha value is -0.580. The van der Waals surface area contributed by atoms with E-state index in [1.807, 2.05) is 4.68 Å². The minimum absolute atomic E-state index is 0.0269. The molecule has 1 rings (SSSR count). The third kappa shape index (κ3) is 3.94. The standard InChI is InChI=1S/C14H26ClN3O/c1-6-8-16-13(14(3,4)19-5)12-11(15)10-17-18(12)9-7-2/h10,13,16H,6-9H2,1-5H3. The lowest BCUT2D eigenvalue weighted by atomic mass is 9.95. The summed E-state index contributed by atoms with van der Waals surface area (Å²) in [4.78, 5) is 0. The Bertz CT molecular complexity index is 390. The van der Waals surface area contributed by atoms with Gasteiger partial charge in [0, 0.05) is 13.7 Å². The molecule has 0 saturated heterocycles. The number of aromatic nitrogens is 2. The van der Waals surface area contributed by atoms with Crippen molar-refractivity contribution in [2.24, 2.45) is 0 Å². The summed E-state index contributed by atoms with van der Waals surface area (Å²) in [6, 6.07) is 0.0269. The first-order valence-corrected chi connectivity index (χ1v) is 7.35. The number of ether oxygens (including phenoxy) is 1. The summed E-state index contributed by atoms with van der Waals surface area (Å²) < 4.78 is 7.63. The molecule has 0 saturated carbocycles. The molecule has 0 aromatic carbocycles. The molecular weight excluding hydrogens is 262 g/mol. The fourth-order valence-electron chi connectivity index (χ4n) is 2.13. The molecule has 0 aliphatic carbocycles. The quantitative estimate of drug-likeness (QED) is 0.796. The largest absolute Gasteiger partial charge is 0.377 e. The molecule has 110 valence electrons. The highest BCUT2D eigenvalue weighted by molar-refractivity contribution is 6.31. The van der Waals surface area contributed by atoms with Gasteiger partial charge in [-0.3, -0.25) is 4.68 Å². The summed E-state index contributed by atoms with van der Waals surface area (Å²) in [6.45, 7) is 10.2. The zero-order valence-corrected chi connectivity index (χ0v) is 13.4. The fourth-order valence-corrected chi connectivity index (χ4v) is 2.38. The topological polar surface area (TPSA) is 39.1 Å². The monoisotopic (exact) mass is 287 g/mol. The van der Waals surface area contributed by atoms with E-state index in [0.717, 1.165) is 31.6 Å². The van der Waals surface area contributed by atoms with E-state index in [4.69, 9.17) is 16.3 Å². The highest BCUT2D eigenvalue weighted by Crippen LogP contribution is 2.33. The van der Waals surface area contributed by atoms with Crippen molar-refractivity contribution in [2.45, 2.75) is 58.7 Å². The Kier molecular flexibility index (Phi) is 6.30. The zero-order chi connectivity index (χ0) is 14.5. The summed E-state index contributed by atoms with van der Waals surface area (Å²) in [6.07, 6.45) is 3.81. The molecule has 0 bridgehead atoms. The van der Waals surface area contributed by atoms with Gasteiger partial charge >= 0.3 is 0 Å². The molecule has 1 atom stereocenters. The van der Waals surface area contributed by atoms with Crippen LogP contribution in [0.4, 0.5) is 0 Å². The van der Waals surface area contributed by atoms with Gasteiger partial charge in [-0.1, -0.05) is 25.4 Å². The van der Waals surface area contributed by atoms with Crippen molar-refractivity contribution in [1.29, 1.82) is 0 Å². The normalized spacial score (nSPS) is 13.8. The molecule has 1 N–H and O–H groups in total. The van der Waals surface area contributed by atoms with E-state index in [-0.39, 0.29) is 11.6 Å². The summed E-state index contributed by atoms with van der Waals surface area (Å²) in [7, 11) is 1.73. The van der Waals surface area contributed by atoms with E-state index >= 15 is 0 Å². The number of methoxy groups -OCH3 is 1. The minimum Gasteiger partial charge on any atom is -0.377 e. The fraction of sp³-hybridized carbons (Fsp3) is 0.786. The van der Waals surface area contributed by atoms with Crippen LogP contribution < -0.4 is 5.32 Å². The highest BCUT2D eigenvalue weighted by atomic mass is 35.5. The van der Waals surface area contributed by atoms with Gasteiger partial charge in [0.25, 0.3) is 0 Å². The number of nitrogens with one attached hydrogen (secondary N) is 1. The molecule has 5 heteroatoms. The van der Waals surface area contributed by atoms with Gasteiger partial charge in [0.1, 0.15) is 0 Å². The maximum Gasteiger partial charge on any atom is 0.0835 e. The van der Waals surface area contributed by atoms with Crippen LogP contribution in [0.2, 0.25) is 5.02 Å². The van der Waals surface area contributed by atoms with Crippen molar-refractivity contribution < 1.29 is 4.74 Å². The maximum atomic E-state index is 6.34.